The zero-order valence-corrected chi connectivity index (χ0v) is 40.1. The first-order valence-corrected chi connectivity index (χ1v) is 25.5. The Morgan fingerprint density at radius 2 is 1.08 bits per heavy atom. The van der Waals surface area contributed by atoms with Gasteiger partial charge in [0.05, 0.1) is 22.8 Å². The Labute approximate surface area is 422 Å². The van der Waals surface area contributed by atoms with Gasteiger partial charge < -0.3 is 14.4 Å². The number of hydrogen-bond donors (Lipinski definition) is 0. The number of amidine groups is 2. The quantitative estimate of drug-likeness (QED) is 0.155. The number of aromatic nitrogens is 4. The minimum atomic E-state index is -0.476. The van der Waals surface area contributed by atoms with E-state index in [1.165, 1.54) is 21.7 Å². The van der Waals surface area contributed by atoms with Gasteiger partial charge in [0.15, 0.2) is 11.6 Å². The molecule has 4 heterocycles. The van der Waals surface area contributed by atoms with Crippen molar-refractivity contribution in [1.29, 1.82) is 0 Å². The summed E-state index contributed by atoms with van der Waals surface area (Å²) in [6.45, 7) is 0. The van der Waals surface area contributed by atoms with Gasteiger partial charge in [-0.3, -0.25) is 0 Å². The SMILES string of the molecule is CN1C(c2cccc3ccccc23)=NC(C2C=CCC3C=CC=CC32)=NC1n1c2ccccc2c2ccc3c(c21)C1C=CC=CC1N3c1nc(-c2cccc3ccccc23)nc(-c2cccc3ccccc23)n1. The molecule has 2 aliphatic heterocycles. The summed E-state index contributed by atoms with van der Waals surface area (Å²) in [5.74, 6) is 4.24. The minimum Gasteiger partial charge on any atom is -0.320 e. The maximum atomic E-state index is 5.85. The van der Waals surface area contributed by atoms with Gasteiger partial charge in [0.2, 0.25) is 12.2 Å². The molecule has 10 aromatic rings. The number of para-hydroxylation sites is 1. The predicted octanol–water partition coefficient (Wildman–Crippen LogP) is 14.7. The van der Waals surface area contributed by atoms with Crippen molar-refractivity contribution in [3.05, 3.63) is 236 Å². The molecular weight excluding hydrogens is 893 g/mol. The van der Waals surface area contributed by atoms with Crippen LogP contribution in [-0.2, 0) is 0 Å². The zero-order chi connectivity index (χ0) is 48.1. The molecule has 0 N–H and O–H groups in total. The van der Waals surface area contributed by atoms with Crippen molar-refractivity contribution >= 4 is 77.4 Å². The van der Waals surface area contributed by atoms with Crippen LogP contribution in [0.15, 0.2) is 235 Å². The molecule has 0 saturated heterocycles. The van der Waals surface area contributed by atoms with Gasteiger partial charge in [-0.2, -0.15) is 9.97 Å². The van der Waals surface area contributed by atoms with E-state index >= 15 is 0 Å². The van der Waals surface area contributed by atoms with Crippen LogP contribution in [0.4, 0.5) is 11.6 Å². The summed E-state index contributed by atoms with van der Waals surface area (Å²) in [5.41, 5.74) is 7.55. The lowest BCUT2D eigenvalue weighted by Crippen LogP contribution is -2.41. The molecule has 6 unspecified atom stereocenters. The molecular formula is C65H48N8. The molecule has 8 heteroatoms. The van der Waals surface area contributed by atoms with Crippen molar-refractivity contribution in [2.45, 2.75) is 24.7 Å². The number of nitrogens with zero attached hydrogens (tertiary/aromatic N) is 8. The summed E-state index contributed by atoms with van der Waals surface area (Å²) < 4.78 is 2.51. The van der Waals surface area contributed by atoms with Crippen LogP contribution in [0.5, 0.6) is 0 Å². The largest absolute Gasteiger partial charge is 0.320 e. The van der Waals surface area contributed by atoms with E-state index in [0.717, 1.165) is 78.4 Å². The summed E-state index contributed by atoms with van der Waals surface area (Å²) in [5, 5.41) is 9.16. The summed E-state index contributed by atoms with van der Waals surface area (Å²) in [4.78, 5) is 32.5. The second-order valence-electron chi connectivity index (χ2n) is 19.9. The number of benzene rings is 8. The standard InChI is InChI=1S/C65H48N8/c1-71-63(53-35-17-25-43-21-5-9-29-47(43)53)67-62(52-34-16-24-42-20-4-8-28-46(42)52)70-65(71)73-55-36-12-10-30-48(55)49-38-39-57-58(59(49)73)54-31-11-13-37-56(54)72(57)64-68-60(50-32-14-22-40-18-2-6-26-44(40)50)66-61(69-64)51-33-15-23-41-19-3-7-27-45(41)51/h2-23,25-39,42,46,52,54,56,65H,24H2,1H3. The van der Waals surface area contributed by atoms with Crippen LogP contribution < -0.4 is 4.90 Å². The molecule has 2 aromatic heterocycles. The van der Waals surface area contributed by atoms with Gasteiger partial charge in [-0.15, -0.1) is 0 Å². The van der Waals surface area contributed by atoms with Crippen LogP contribution in [0.3, 0.4) is 0 Å². The Morgan fingerprint density at radius 1 is 0.493 bits per heavy atom. The van der Waals surface area contributed by atoms with Gasteiger partial charge in [-0.1, -0.05) is 212 Å². The molecule has 8 aromatic carbocycles. The number of hydrogen-bond acceptors (Lipinski definition) is 7. The third kappa shape index (κ3) is 6.49. The third-order valence-corrected chi connectivity index (χ3v) is 16.0. The van der Waals surface area contributed by atoms with Gasteiger partial charge >= 0.3 is 0 Å². The van der Waals surface area contributed by atoms with E-state index in [0.29, 0.717) is 23.5 Å². The third-order valence-electron chi connectivity index (χ3n) is 16.0. The minimum absolute atomic E-state index is 0.00178. The predicted molar refractivity (Wildman–Crippen MR) is 299 cm³/mol. The first kappa shape index (κ1) is 41.7. The fourth-order valence-corrected chi connectivity index (χ4v) is 12.6. The van der Waals surface area contributed by atoms with Crippen molar-refractivity contribution in [3.8, 4) is 22.8 Å². The first-order chi connectivity index (χ1) is 36.1. The fraction of sp³-hybridized carbons (Fsp3) is 0.123. The zero-order valence-electron chi connectivity index (χ0n) is 40.1. The Bertz CT molecular complexity index is 4060. The normalized spacial score (nSPS) is 21.8. The van der Waals surface area contributed by atoms with Gasteiger partial charge in [-0.05, 0) is 62.7 Å². The fourth-order valence-electron chi connectivity index (χ4n) is 12.6. The number of aliphatic imine (C=N–C) groups is 2. The maximum Gasteiger partial charge on any atom is 0.234 e. The maximum absolute atomic E-state index is 5.85. The topological polar surface area (TPSA) is 74.8 Å². The smallest absolute Gasteiger partial charge is 0.234 e. The first-order valence-electron chi connectivity index (χ1n) is 25.5. The van der Waals surface area contributed by atoms with E-state index in [9.17, 15) is 0 Å². The van der Waals surface area contributed by atoms with Crippen LogP contribution in [0.25, 0.3) is 76.9 Å². The number of fused-ring (bicyclic) bond motifs is 11. The highest BCUT2D eigenvalue weighted by molar-refractivity contribution is 6.16. The van der Waals surface area contributed by atoms with Crippen LogP contribution >= 0.6 is 0 Å². The van der Waals surface area contributed by atoms with Crippen LogP contribution in [-0.4, -0.2) is 49.2 Å². The van der Waals surface area contributed by atoms with Gasteiger partial charge in [0, 0.05) is 51.9 Å². The van der Waals surface area contributed by atoms with Crippen LogP contribution in [0, 0.1) is 17.8 Å². The van der Waals surface area contributed by atoms with Crippen molar-refractivity contribution < 1.29 is 0 Å². The summed E-state index contributed by atoms with van der Waals surface area (Å²) in [6.07, 6.45) is 23.4. The molecule has 3 aliphatic carbocycles. The Kier molecular flexibility index (Phi) is 9.46. The van der Waals surface area contributed by atoms with E-state index < -0.39 is 6.29 Å². The van der Waals surface area contributed by atoms with Crippen molar-refractivity contribution in [2.75, 3.05) is 11.9 Å². The lowest BCUT2D eigenvalue weighted by Gasteiger charge is -2.38. The Morgan fingerprint density at radius 3 is 1.79 bits per heavy atom. The second kappa shape index (κ2) is 16.5. The summed E-state index contributed by atoms with van der Waals surface area (Å²) >= 11 is 0. The van der Waals surface area contributed by atoms with Crippen LogP contribution in [0.2, 0.25) is 0 Å². The van der Waals surface area contributed by atoms with Crippen molar-refractivity contribution in [3.63, 3.8) is 0 Å². The molecule has 8 nitrogen and oxygen atoms in total. The van der Waals surface area contributed by atoms with Gasteiger partial charge in [-0.25, -0.2) is 15.0 Å². The Hall–Kier alpha value is -9.01. The van der Waals surface area contributed by atoms with Crippen LogP contribution in [0.1, 0.15) is 29.8 Å². The molecule has 73 heavy (non-hydrogen) atoms. The molecule has 0 spiro atoms. The molecule has 15 rings (SSSR count). The average Bonchev–Trinajstić information content (AvgIpc) is 3.97. The molecule has 5 aliphatic rings. The average molecular weight is 941 g/mol. The van der Waals surface area contributed by atoms with Crippen molar-refractivity contribution in [1.82, 2.24) is 24.4 Å². The van der Waals surface area contributed by atoms with Gasteiger partial charge in [0.25, 0.3) is 0 Å². The van der Waals surface area contributed by atoms with E-state index in [1.54, 1.807) is 0 Å². The highest BCUT2D eigenvalue weighted by Gasteiger charge is 2.43. The number of allylic oxidation sites excluding steroid dienone is 7. The summed E-state index contributed by atoms with van der Waals surface area (Å²) in [7, 11) is 2.17. The van der Waals surface area contributed by atoms with E-state index in [4.69, 9.17) is 24.9 Å². The van der Waals surface area contributed by atoms with E-state index in [1.807, 2.05) is 0 Å². The molecule has 6 atom stereocenters. The number of rotatable bonds is 6. The highest BCUT2D eigenvalue weighted by Crippen LogP contribution is 2.53. The summed E-state index contributed by atoms with van der Waals surface area (Å²) in [6, 6.07) is 58.3. The van der Waals surface area contributed by atoms with E-state index in [-0.39, 0.29) is 23.8 Å². The molecule has 0 radical (unpaired) electrons. The lowest BCUT2D eigenvalue weighted by molar-refractivity contribution is 0.292. The molecule has 0 saturated carbocycles. The molecule has 0 amide bonds. The highest BCUT2D eigenvalue weighted by atomic mass is 15.4. The molecule has 348 valence electrons. The Balaban J connectivity index is 0.977. The molecule has 0 fully saturated rings. The van der Waals surface area contributed by atoms with Gasteiger partial charge in [0.1, 0.15) is 11.7 Å². The monoisotopic (exact) mass is 940 g/mol. The number of anilines is 2. The van der Waals surface area contributed by atoms with E-state index in [2.05, 4.69) is 246 Å². The molecule has 0 bridgehead atoms. The second-order valence-corrected chi connectivity index (χ2v) is 19.9. The van der Waals surface area contributed by atoms with Crippen molar-refractivity contribution in [2.24, 2.45) is 27.7 Å². The lowest BCUT2D eigenvalue weighted by atomic mass is 9.73.